The minimum Gasteiger partial charge on any atom is -0.481 e. The zero-order valence-corrected chi connectivity index (χ0v) is 13.3. The molecule has 1 saturated carbocycles. The number of nitrogens with one attached hydrogen (secondary N) is 1. The van der Waals surface area contributed by atoms with Crippen LogP contribution in [-0.4, -0.2) is 23.0 Å². The molecule has 0 aromatic carbocycles. The van der Waals surface area contributed by atoms with E-state index in [-0.39, 0.29) is 17.9 Å². The van der Waals surface area contributed by atoms with Crippen molar-refractivity contribution < 1.29 is 14.7 Å². The maximum Gasteiger partial charge on any atom is 0.306 e. The molecule has 18 heavy (non-hydrogen) atoms. The summed E-state index contributed by atoms with van der Waals surface area (Å²) in [5.74, 6) is -1.23. The normalized spacial score (nSPS) is 23.0. The van der Waals surface area contributed by atoms with E-state index in [9.17, 15) is 9.59 Å². The Morgan fingerprint density at radius 2 is 2.11 bits per heavy atom. The minimum atomic E-state index is -0.770. The number of halogens is 2. The maximum absolute atomic E-state index is 12.0. The summed E-state index contributed by atoms with van der Waals surface area (Å²) in [6.45, 7) is 0. The highest BCUT2D eigenvalue weighted by Gasteiger charge is 2.30. The molecule has 1 aromatic heterocycles. The summed E-state index contributed by atoms with van der Waals surface area (Å²) in [4.78, 5) is 23.4. The first-order valence-corrected chi connectivity index (χ1v) is 7.86. The topological polar surface area (TPSA) is 66.4 Å². The van der Waals surface area contributed by atoms with Crippen molar-refractivity contribution in [3.63, 3.8) is 0 Å². The van der Waals surface area contributed by atoms with Gasteiger partial charge in [0.2, 0.25) is 0 Å². The van der Waals surface area contributed by atoms with Gasteiger partial charge in [0.15, 0.2) is 0 Å². The molecule has 0 bridgehead atoms. The molecule has 0 saturated heterocycles. The number of carbonyl (C=O) groups excluding carboxylic acids is 1. The first-order chi connectivity index (χ1) is 8.47. The zero-order valence-electron chi connectivity index (χ0n) is 9.28. The molecule has 1 aromatic rings. The second-order valence-corrected chi connectivity index (χ2v) is 7.48. The van der Waals surface area contributed by atoms with Crippen molar-refractivity contribution in [3.05, 3.63) is 19.2 Å². The lowest BCUT2D eigenvalue weighted by molar-refractivity contribution is -0.141. The number of amides is 1. The molecule has 1 fully saturated rings. The Hall–Kier alpha value is -0.400. The lowest BCUT2D eigenvalue weighted by Gasteiger charge is -2.11. The monoisotopic (exact) mass is 395 g/mol. The van der Waals surface area contributed by atoms with Gasteiger partial charge in [0.1, 0.15) is 0 Å². The van der Waals surface area contributed by atoms with Crippen LogP contribution in [0.15, 0.2) is 14.3 Å². The highest BCUT2D eigenvalue weighted by Crippen LogP contribution is 2.33. The van der Waals surface area contributed by atoms with E-state index >= 15 is 0 Å². The third-order valence-electron chi connectivity index (χ3n) is 2.99. The van der Waals surface area contributed by atoms with Crippen molar-refractivity contribution in [3.8, 4) is 0 Å². The number of rotatable bonds is 3. The van der Waals surface area contributed by atoms with Crippen LogP contribution in [0.5, 0.6) is 0 Å². The van der Waals surface area contributed by atoms with Gasteiger partial charge in [-0.1, -0.05) is 0 Å². The van der Waals surface area contributed by atoms with Crippen molar-refractivity contribution in [2.45, 2.75) is 25.3 Å². The van der Waals surface area contributed by atoms with Crippen molar-refractivity contribution in [1.82, 2.24) is 5.32 Å². The average molecular weight is 397 g/mol. The second kappa shape index (κ2) is 5.71. The first-order valence-electron chi connectivity index (χ1n) is 5.46. The number of carboxylic acids is 1. The van der Waals surface area contributed by atoms with Crippen LogP contribution in [0.1, 0.15) is 28.9 Å². The molecule has 1 amide bonds. The molecular formula is C11H11Br2NO3S. The molecule has 2 rings (SSSR count). The Balaban J connectivity index is 1.94. The van der Waals surface area contributed by atoms with Crippen LogP contribution in [0.2, 0.25) is 0 Å². The van der Waals surface area contributed by atoms with Gasteiger partial charge in [0.05, 0.1) is 14.6 Å². The molecule has 0 spiro atoms. The summed E-state index contributed by atoms with van der Waals surface area (Å²) >= 11 is 8.03. The fraction of sp³-hybridized carbons (Fsp3) is 0.455. The maximum atomic E-state index is 12.0. The standard InChI is InChI=1S/C11H11Br2NO3S/c12-7-4-8(18-9(7)13)10(15)14-6-2-1-5(3-6)11(16)17/h4-6H,1-3H2,(H,14,15)(H,16,17)/t5-,6+/m1/s1. The largest absolute Gasteiger partial charge is 0.481 e. The van der Waals surface area contributed by atoms with E-state index in [2.05, 4.69) is 37.2 Å². The zero-order chi connectivity index (χ0) is 13.3. The Labute approximate surface area is 125 Å². The lowest BCUT2D eigenvalue weighted by atomic mass is 10.1. The number of carbonyl (C=O) groups is 2. The summed E-state index contributed by atoms with van der Waals surface area (Å²) in [5.41, 5.74) is 0. The fourth-order valence-corrected chi connectivity index (χ4v) is 3.99. The molecule has 1 heterocycles. The summed E-state index contributed by atoms with van der Waals surface area (Å²) in [7, 11) is 0. The van der Waals surface area contributed by atoms with Crippen molar-refractivity contribution in [1.29, 1.82) is 0 Å². The van der Waals surface area contributed by atoms with Crippen LogP contribution in [0.4, 0.5) is 0 Å². The molecule has 7 heteroatoms. The van der Waals surface area contributed by atoms with Crippen LogP contribution in [-0.2, 0) is 4.79 Å². The number of aliphatic carboxylic acids is 1. The van der Waals surface area contributed by atoms with Gasteiger partial charge in [-0.2, -0.15) is 0 Å². The third kappa shape index (κ3) is 3.13. The van der Waals surface area contributed by atoms with Crippen molar-refractivity contribution in [2.24, 2.45) is 5.92 Å². The van der Waals surface area contributed by atoms with Gasteiger partial charge >= 0.3 is 5.97 Å². The number of hydrogen-bond donors (Lipinski definition) is 2. The van der Waals surface area contributed by atoms with Crippen LogP contribution >= 0.6 is 43.2 Å². The lowest BCUT2D eigenvalue weighted by Crippen LogP contribution is -2.32. The van der Waals surface area contributed by atoms with E-state index in [1.54, 1.807) is 6.07 Å². The van der Waals surface area contributed by atoms with Gasteiger partial charge in [-0.25, -0.2) is 0 Å². The molecule has 1 aliphatic rings. The van der Waals surface area contributed by atoms with Gasteiger partial charge in [-0.05, 0) is 57.2 Å². The average Bonchev–Trinajstić information content (AvgIpc) is 2.87. The number of hydrogen-bond acceptors (Lipinski definition) is 3. The van der Waals surface area contributed by atoms with E-state index in [0.717, 1.165) is 14.7 Å². The predicted octanol–water partition coefficient (Wildman–Crippen LogP) is 3.26. The van der Waals surface area contributed by atoms with E-state index < -0.39 is 5.97 Å². The van der Waals surface area contributed by atoms with Gasteiger partial charge in [-0.15, -0.1) is 11.3 Å². The molecule has 2 atom stereocenters. The molecule has 1 aliphatic carbocycles. The molecule has 2 N–H and O–H groups in total. The van der Waals surface area contributed by atoms with Crippen LogP contribution < -0.4 is 5.32 Å². The third-order valence-corrected chi connectivity index (χ3v) is 6.24. The smallest absolute Gasteiger partial charge is 0.306 e. The van der Waals surface area contributed by atoms with Gasteiger partial charge in [0, 0.05) is 10.5 Å². The number of thiophene rings is 1. The second-order valence-electron chi connectivity index (χ2n) is 4.25. The Kier molecular flexibility index (Phi) is 4.45. The van der Waals surface area contributed by atoms with Crippen molar-refractivity contribution >= 4 is 55.1 Å². The molecule has 0 radical (unpaired) electrons. The SMILES string of the molecule is O=C(N[C@H]1CC[C@@H](C(=O)O)C1)c1cc(Br)c(Br)s1. The highest BCUT2D eigenvalue weighted by atomic mass is 79.9. The summed E-state index contributed by atoms with van der Waals surface area (Å²) < 4.78 is 1.73. The van der Waals surface area contributed by atoms with Gasteiger partial charge in [-0.3, -0.25) is 9.59 Å². The molecule has 0 aliphatic heterocycles. The van der Waals surface area contributed by atoms with E-state index in [1.165, 1.54) is 11.3 Å². The minimum absolute atomic E-state index is 0.0294. The Morgan fingerprint density at radius 1 is 1.39 bits per heavy atom. The van der Waals surface area contributed by atoms with Crippen LogP contribution in [0, 0.1) is 5.92 Å². The number of carboxylic acid groups (broad SMARTS) is 1. The summed E-state index contributed by atoms with van der Waals surface area (Å²) in [6, 6.07) is 1.73. The van der Waals surface area contributed by atoms with Crippen LogP contribution in [0.25, 0.3) is 0 Å². The van der Waals surface area contributed by atoms with Gasteiger partial charge < -0.3 is 10.4 Å². The van der Waals surface area contributed by atoms with Crippen LogP contribution in [0.3, 0.4) is 0 Å². The van der Waals surface area contributed by atoms with E-state index in [0.29, 0.717) is 17.7 Å². The summed E-state index contributed by atoms with van der Waals surface area (Å²) in [6.07, 6.45) is 1.89. The molecule has 4 nitrogen and oxygen atoms in total. The Morgan fingerprint density at radius 3 is 2.61 bits per heavy atom. The highest BCUT2D eigenvalue weighted by molar-refractivity contribution is 9.13. The fourth-order valence-electron chi connectivity index (χ4n) is 2.05. The van der Waals surface area contributed by atoms with E-state index in [1.807, 2.05) is 0 Å². The predicted molar refractivity (Wildman–Crippen MR) is 76.0 cm³/mol. The quantitative estimate of drug-likeness (QED) is 0.823. The molecule has 0 unspecified atom stereocenters. The molecule has 98 valence electrons. The van der Waals surface area contributed by atoms with Gasteiger partial charge in [0.25, 0.3) is 5.91 Å². The Bertz CT molecular complexity index is 469. The molecular weight excluding hydrogens is 386 g/mol. The van der Waals surface area contributed by atoms with Crippen molar-refractivity contribution in [2.75, 3.05) is 0 Å². The first kappa shape index (κ1) is 14.0. The van der Waals surface area contributed by atoms with E-state index in [4.69, 9.17) is 5.11 Å². The summed E-state index contributed by atoms with van der Waals surface area (Å²) in [5, 5.41) is 11.8.